The number of para-hydroxylation sites is 1. The topological polar surface area (TPSA) is 78.9 Å². The molecule has 0 fully saturated rings. The second kappa shape index (κ2) is 7.22. The molecule has 3 N–H and O–H groups in total. The second-order valence-electron chi connectivity index (χ2n) is 4.78. The summed E-state index contributed by atoms with van der Waals surface area (Å²) in [4.78, 5) is 12.1. The number of benzene rings is 2. The predicted molar refractivity (Wildman–Crippen MR) is 82.5 cm³/mol. The minimum Gasteiger partial charge on any atom is -0.324 e. The number of rotatable bonds is 5. The quantitative estimate of drug-likeness (QED) is 0.882. The van der Waals surface area contributed by atoms with Crippen LogP contribution < -0.4 is 11.1 Å². The highest BCUT2D eigenvalue weighted by molar-refractivity contribution is 5.95. The molecule has 4 heteroatoms. The van der Waals surface area contributed by atoms with Crippen molar-refractivity contribution in [1.29, 1.82) is 5.26 Å². The Morgan fingerprint density at radius 1 is 1.14 bits per heavy atom. The Labute approximate surface area is 124 Å². The monoisotopic (exact) mass is 279 g/mol. The SMILES string of the molecule is N#Cc1ccccc1NC(=O)C(N)CCc1ccccc1. The molecule has 1 atom stereocenters. The third-order valence-electron chi connectivity index (χ3n) is 3.23. The lowest BCUT2D eigenvalue weighted by molar-refractivity contribution is -0.117. The third-order valence-corrected chi connectivity index (χ3v) is 3.23. The van der Waals surface area contributed by atoms with Crippen molar-refractivity contribution in [2.45, 2.75) is 18.9 Å². The molecule has 0 aliphatic carbocycles. The number of hydrogen-bond donors (Lipinski definition) is 2. The summed E-state index contributed by atoms with van der Waals surface area (Å²) in [6, 6.07) is 18.2. The van der Waals surface area contributed by atoms with E-state index in [1.165, 1.54) is 0 Å². The Kier molecular flexibility index (Phi) is 5.08. The molecule has 2 rings (SSSR count). The maximum absolute atomic E-state index is 12.1. The summed E-state index contributed by atoms with van der Waals surface area (Å²) in [6.45, 7) is 0. The molecule has 0 spiro atoms. The van der Waals surface area contributed by atoms with Gasteiger partial charge in [-0.05, 0) is 30.5 Å². The molecule has 4 nitrogen and oxygen atoms in total. The van der Waals surface area contributed by atoms with Gasteiger partial charge in [-0.2, -0.15) is 5.26 Å². The van der Waals surface area contributed by atoms with E-state index in [2.05, 4.69) is 5.32 Å². The van der Waals surface area contributed by atoms with Gasteiger partial charge in [-0.1, -0.05) is 42.5 Å². The lowest BCUT2D eigenvalue weighted by Gasteiger charge is -2.13. The number of carbonyl (C=O) groups is 1. The predicted octanol–water partition coefficient (Wildman–Crippen LogP) is 2.46. The average molecular weight is 279 g/mol. The largest absolute Gasteiger partial charge is 0.324 e. The third kappa shape index (κ3) is 4.16. The molecule has 0 aromatic heterocycles. The zero-order valence-electron chi connectivity index (χ0n) is 11.6. The summed E-state index contributed by atoms with van der Waals surface area (Å²) in [6.07, 6.45) is 1.31. The van der Waals surface area contributed by atoms with E-state index >= 15 is 0 Å². The van der Waals surface area contributed by atoms with Crippen molar-refractivity contribution in [3.05, 3.63) is 65.7 Å². The van der Waals surface area contributed by atoms with Gasteiger partial charge in [0.05, 0.1) is 17.3 Å². The lowest BCUT2D eigenvalue weighted by Crippen LogP contribution is -2.36. The number of nitriles is 1. The van der Waals surface area contributed by atoms with Crippen molar-refractivity contribution in [3.8, 4) is 6.07 Å². The summed E-state index contributed by atoms with van der Waals surface area (Å²) in [5, 5.41) is 11.7. The summed E-state index contributed by atoms with van der Waals surface area (Å²) in [5.41, 5.74) is 7.99. The van der Waals surface area contributed by atoms with Gasteiger partial charge >= 0.3 is 0 Å². The Bertz CT molecular complexity index is 647. The van der Waals surface area contributed by atoms with Crippen molar-refractivity contribution in [2.24, 2.45) is 5.73 Å². The Morgan fingerprint density at radius 2 is 1.81 bits per heavy atom. The molecular weight excluding hydrogens is 262 g/mol. The maximum atomic E-state index is 12.1. The number of amides is 1. The Morgan fingerprint density at radius 3 is 2.52 bits per heavy atom. The standard InChI is InChI=1S/C17H17N3O/c18-12-14-8-4-5-9-16(14)20-17(21)15(19)11-10-13-6-2-1-3-7-13/h1-9,15H,10-11,19H2,(H,20,21). The van der Waals surface area contributed by atoms with Crippen molar-refractivity contribution >= 4 is 11.6 Å². The smallest absolute Gasteiger partial charge is 0.241 e. The van der Waals surface area contributed by atoms with Crippen LogP contribution in [0.5, 0.6) is 0 Å². The van der Waals surface area contributed by atoms with Crippen LogP contribution in [0.3, 0.4) is 0 Å². The molecule has 1 unspecified atom stereocenters. The lowest BCUT2D eigenvalue weighted by atomic mass is 10.1. The minimum absolute atomic E-state index is 0.270. The molecule has 106 valence electrons. The fourth-order valence-corrected chi connectivity index (χ4v) is 2.01. The highest BCUT2D eigenvalue weighted by atomic mass is 16.2. The van der Waals surface area contributed by atoms with E-state index in [0.717, 1.165) is 12.0 Å². The number of nitrogens with one attached hydrogen (secondary N) is 1. The molecule has 2 aromatic carbocycles. The van der Waals surface area contributed by atoms with Gasteiger partial charge in [-0.3, -0.25) is 4.79 Å². The van der Waals surface area contributed by atoms with Gasteiger partial charge in [-0.25, -0.2) is 0 Å². The van der Waals surface area contributed by atoms with Crippen molar-refractivity contribution in [3.63, 3.8) is 0 Å². The summed E-state index contributed by atoms with van der Waals surface area (Å²) < 4.78 is 0. The van der Waals surface area contributed by atoms with Gasteiger partial charge in [0.1, 0.15) is 6.07 Å². The van der Waals surface area contributed by atoms with E-state index in [1.807, 2.05) is 36.4 Å². The van der Waals surface area contributed by atoms with Crippen LogP contribution in [0, 0.1) is 11.3 Å². The Balaban J connectivity index is 1.92. The van der Waals surface area contributed by atoms with Crippen molar-refractivity contribution < 1.29 is 4.79 Å². The molecule has 1 amide bonds. The van der Waals surface area contributed by atoms with Crippen molar-refractivity contribution in [2.75, 3.05) is 5.32 Å². The van der Waals surface area contributed by atoms with Gasteiger partial charge in [0.15, 0.2) is 0 Å². The average Bonchev–Trinajstić information content (AvgIpc) is 2.54. The van der Waals surface area contributed by atoms with Crippen LogP contribution in [0.2, 0.25) is 0 Å². The molecule has 21 heavy (non-hydrogen) atoms. The summed E-state index contributed by atoms with van der Waals surface area (Å²) >= 11 is 0. The fourth-order valence-electron chi connectivity index (χ4n) is 2.01. The van der Waals surface area contributed by atoms with E-state index in [1.54, 1.807) is 24.3 Å². The van der Waals surface area contributed by atoms with Gasteiger partial charge in [0.2, 0.25) is 5.91 Å². The van der Waals surface area contributed by atoms with Gasteiger partial charge < -0.3 is 11.1 Å². The molecule has 0 bridgehead atoms. The van der Waals surface area contributed by atoms with E-state index in [4.69, 9.17) is 11.0 Å². The molecule has 0 heterocycles. The summed E-state index contributed by atoms with van der Waals surface area (Å²) in [7, 11) is 0. The molecule has 0 saturated carbocycles. The van der Waals surface area contributed by atoms with E-state index in [-0.39, 0.29) is 5.91 Å². The van der Waals surface area contributed by atoms with Crippen LogP contribution in [0.15, 0.2) is 54.6 Å². The van der Waals surface area contributed by atoms with Gasteiger partial charge in [-0.15, -0.1) is 0 Å². The number of anilines is 1. The summed E-state index contributed by atoms with van der Waals surface area (Å²) in [5.74, 6) is -0.270. The second-order valence-corrected chi connectivity index (χ2v) is 4.78. The number of aryl methyl sites for hydroxylation is 1. The molecule has 2 aromatic rings. The number of nitrogens with zero attached hydrogens (tertiary/aromatic N) is 1. The van der Waals surface area contributed by atoms with Crippen LogP contribution in [-0.4, -0.2) is 11.9 Å². The van der Waals surface area contributed by atoms with Crippen LogP contribution in [0.4, 0.5) is 5.69 Å². The van der Waals surface area contributed by atoms with Gasteiger partial charge in [0.25, 0.3) is 0 Å². The minimum atomic E-state index is -0.600. The number of nitrogens with two attached hydrogens (primary N) is 1. The first-order valence-electron chi connectivity index (χ1n) is 6.80. The zero-order chi connectivity index (χ0) is 15.1. The van der Waals surface area contributed by atoms with Crippen LogP contribution in [-0.2, 0) is 11.2 Å². The van der Waals surface area contributed by atoms with Crippen LogP contribution >= 0.6 is 0 Å². The first-order chi connectivity index (χ1) is 10.2. The van der Waals surface area contributed by atoms with E-state index in [0.29, 0.717) is 17.7 Å². The first kappa shape index (κ1) is 14.8. The highest BCUT2D eigenvalue weighted by Crippen LogP contribution is 2.14. The first-order valence-corrected chi connectivity index (χ1v) is 6.80. The van der Waals surface area contributed by atoms with Gasteiger partial charge in [0, 0.05) is 0 Å². The van der Waals surface area contributed by atoms with Crippen LogP contribution in [0.1, 0.15) is 17.5 Å². The normalized spacial score (nSPS) is 11.4. The fraction of sp³-hybridized carbons (Fsp3) is 0.176. The van der Waals surface area contributed by atoms with E-state index in [9.17, 15) is 4.79 Å². The number of hydrogen-bond acceptors (Lipinski definition) is 3. The maximum Gasteiger partial charge on any atom is 0.241 e. The molecule has 0 aliphatic rings. The molecule has 0 aliphatic heterocycles. The molecule has 0 radical (unpaired) electrons. The molecule has 0 saturated heterocycles. The number of carbonyl (C=O) groups excluding carboxylic acids is 1. The highest BCUT2D eigenvalue weighted by Gasteiger charge is 2.14. The van der Waals surface area contributed by atoms with E-state index < -0.39 is 6.04 Å². The van der Waals surface area contributed by atoms with Crippen LogP contribution in [0.25, 0.3) is 0 Å². The Hall–Kier alpha value is -2.64. The molecular formula is C17H17N3O. The zero-order valence-corrected chi connectivity index (χ0v) is 11.6. The van der Waals surface area contributed by atoms with Crippen molar-refractivity contribution in [1.82, 2.24) is 0 Å².